The molecule has 2 unspecified atom stereocenters. The lowest BCUT2D eigenvalue weighted by Gasteiger charge is -2.41. The zero-order valence-corrected chi connectivity index (χ0v) is 16.7. The Hall–Kier alpha value is -2.65. The summed E-state index contributed by atoms with van der Waals surface area (Å²) in [5.41, 5.74) is 9.15. The van der Waals surface area contributed by atoms with Gasteiger partial charge in [-0.1, -0.05) is 42.8 Å². The molecule has 0 spiro atoms. The number of carbonyl (C=O) groups excluding carboxylic acids is 1. The molecule has 1 aliphatic carbocycles. The molecule has 0 radical (unpaired) electrons. The number of benzene rings is 2. The molecule has 0 bridgehead atoms. The number of hydrogen-bond donors (Lipinski definition) is 0. The Morgan fingerprint density at radius 3 is 2.79 bits per heavy atom. The molecule has 0 aromatic heterocycles. The quantitative estimate of drug-likeness (QED) is 0.568. The van der Waals surface area contributed by atoms with E-state index in [0.717, 1.165) is 25.0 Å². The Kier molecular flexibility index (Phi) is 3.82. The lowest BCUT2D eigenvalue weighted by molar-refractivity contribution is -0.142. The predicted molar refractivity (Wildman–Crippen MR) is 114 cm³/mol. The van der Waals surface area contributed by atoms with Crippen molar-refractivity contribution in [1.29, 1.82) is 0 Å². The van der Waals surface area contributed by atoms with E-state index >= 15 is 0 Å². The van der Waals surface area contributed by atoms with Crippen LogP contribution in [0.25, 0.3) is 16.7 Å². The maximum atomic E-state index is 12.1. The molecule has 2 aromatic carbocycles. The highest BCUT2D eigenvalue weighted by Crippen LogP contribution is 2.42. The molecule has 1 fully saturated rings. The van der Waals surface area contributed by atoms with Crippen molar-refractivity contribution in [3.05, 3.63) is 76.9 Å². The van der Waals surface area contributed by atoms with E-state index in [1.165, 1.54) is 46.2 Å². The van der Waals surface area contributed by atoms with Gasteiger partial charge in [0.2, 0.25) is 0 Å². The van der Waals surface area contributed by atoms with E-state index in [0.29, 0.717) is 12.1 Å². The number of hydrogen-bond acceptors (Lipinski definition) is 3. The van der Waals surface area contributed by atoms with Crippen molar-refractivity contribution in [3.63, 3.8) is 0 Å². The molecule has 0 N–H and O–H groups in total. The molecule has 3 aliphatic heterocycles. The maximum absolute atomic E-state index is 12.1. The second kappa shape index (κ2) is 6.43. The van der Waals surface area contributed by atoms with E-state index in [1.807, 2.05) is 0 Å². The standard InChI is InChI=1S/C26H25NO2/c1-16-22(14-20-15-25(28)29-26(20)24-8-4-5-11-27(16)24)19-10-9-18-12-17-6-2-3-7-21(17)23(18)13-19/h2-3,6-7,9-10,13-16,24,26H,4-5,8,11-12H2,1H3/t16-,24?,26?/m0/s1. The van der Waals surface area contributed by atoms with E-state index in [2.05, 4.69) is 60.4 Å². The highest BCUT2D eigenvalue weighted by molar-refractivity contribution is 5.89. The van der Waals surface area contributed by atoms with E-state index in [1.54, 1.807) is 6.08 Å². The van der Waals surface area contributed by atoms with E-state index in [4.69, 9.17) is 4.74 Å². The first kappa shape index (κ1) is 17.2. The monoisotopic (exact) mass is 383 g/mol. The SMILES string of the molecule is C[C@H]1C(c2ccc3c(c2)-c2ccccc2C3)=CC2=CC(=O)OC2C2CCCCN21. The van der Waals surface area contributed by atoms with Crippen molar-refractivity contribution in [3.8, 4) is 11.1 Å². The van der Waals surface area contributed by atoms with E-state index < -0.39 is 0 Å². The van der Waals surface area contributed by atoms with Gasteiger partial charge >= 0.3 is 5.97 Å². The third-order valence-electron chi connectivity index (χ3n) is 7.20. The summed E-state index contributed by atoms with van der Waals surface area (Å²) in [4.78, 5) is 14.6. The van der Waals surface area contributed by atoms with Gasteiger partial charge in [0.1, 0.15) is 6.10 Å². The number of rotatable bonds is 1. The molecule has 3 atom stereocenters. The Balaban J connectivity index is 1.47. The molecule has 0 saturated carbocycles. The van der Waals surface area contributed by atoms with Crippen molar-refractivity contribution in [1.82, 2.24) is 4.90 Å². The average Bonchev–Trinajstić information content (AvgIpc) is 3.28. The second-order valence-electron chi connectivity index (χ2n) is 8.78. The van der Waals surface area contributed by atoms with Crippen LogP contribution in [0.5, 0.6) is 0 Å². The highest BCUT2D eigenvalue weighted by Gasteiger charge is 2.42. The number of esters is 1. The van der Waals surface area contributed by atoms with Crippen molar-refractivity contribution in [2.24, 2.45) is 0 Å². The fourth-order valence-electron chi connectivity index (χ4n) is 5.76. The Morgan fingerprint density at radius 1 is 1.00 bits per heavy atom. The number of ether oxygens (including phenoxy) is 1. The third-order valence-corrected chi connectivity index (χ3v) is 7.20. The van der Waals surface area contributed by atoms with Crippen LogP contribution >= 0.6 is 0 Å². The molecule has 0 amide bonds. The van der Waals surface area contributed by atoms with Crippen molar-refractivity contribution < 1.29 is 9.53 Å². The molecule has 1 saturated heterocycles. The Morgan fingerprint density at radius 2 is 1.86 bits per heavy atom. The number of piperidine rings is 1. The van der Waals surface area contributed by atoms with Crippen molar-refractivity contribution >= 4 is 11.5 Å². The van der Waals surface area contributed by atoms with Gasteiger partial charge in [-0.15, -0.1) is 0 Å². The van der Waals surface area contributed by atoms with E-state index in [-0.39, 0.29) is 12.1 Å². The lowest BCUT2D eigenvalue weighted by Crippen LogP contribution is -2.50. The van der Waals surface area contributed by atoms with Gasteiger partial charge in [0, 0.05) is 17.7 Å². The Bertz CT molecular complexity index is 1080. The normalized spacial score (nSPS) is 27.8. The van der Waals surface area contributed by atoms with Crippen LogP contribution in [0.2, 0.25) is 0 Å². The molecule has 3 heteroatoms. The second-order valence-corrected chi connectivity index (χ2v) is 8.78. The number of fused-ring (bicyclic) bond motifs is 6. The van der Waals surface area contributed by atoms with Gasteiger partial charge in [0.15, 0.2) is 0 Å². The molecule has 146 valence electrons. The predicted octanol–water partition coefficient (Wildman–Crippen LogP) is 4.75. The summed E-state index contributed by atoms with van der Waals surface area (Å²) in [6.07, 6.45) is 8.37. The van der Waals surface area contributed by atoms with Crippen LogP contribution in [-0.2, 0) is 16.0 Å². The maximum Gasteiger partial charge on any atom is 0.331 e. The lowest BCUT2D eigenvalue weighted by atomic mass is 9.92. The van der Waals surface area contributed by atoms with E-state index in [9.17, 15) is 4.79 Å². The van der Waals surface area contributed by atoms with Crippen molar-refractivity contribution in [2.45, 2.75) is 50.8 Å². The van der Waals surface area contributed by atoms with Crippen molar-refractivity contribution in [2.75, 3.05) is 6.54 Å². The fourth-order valence-corrected chi connectivity index (χ4v) is 5.76. The van der Waals surface area contributed by atoms with Gasteiger partial charge < -0.3 is 4.74 Å². The van der Waals surface area contributed by atoms with Crippen LogP contribution in [0.1, 0.15) is 42.9 Å². The van der Waals surface area contributed by atoms with Gasteiger partial charge in [0.25, 0.3) is 0 Å². The first-order valence-corrected chi connectivity index (χ1v) is 10.8. The minimum Gasteiger partial charge on any atom is -0.453 e. The fraction of sp³-hybridized carbons (Fsp3) is 0.346. The minimum atomic E-state index is -0.191. The van der Waals surface area contributed by atoms with Crippen LogP contribution in [0, 0.1) is 0 Å². The summed E-state index contributed by atoms with van der Waals surface area (Å²) >= 11 is 0. The largest absolute Gasteiger partial charge is 0.453 e. The minimum absolute atomic E-state index is 0.113. The molecule has 3 nitrogen and oxygen atoms in total. The van der Waals surface area contributed by atoms with Gasteiger partial charge in [-0.05, 0) is 78.3 Å². The molecule has 4 aliphatic rings. The number of nitrogens with zero attached hydrogens (tertiary/aromatic N) is 1. The molecular formula is C26H25NO2. The summed E-state index contributed by atoms with van der Waals surface area (Å²) in [6, 6.07) is 16.2. The van der Waals surface area contributed by atoms with Crippen LogP contribution in [0.3, 0.4) is 0 Å². The Labute approximate surface area is 171 Å². The smallest absolute Gasteiger partial charge is 0.331 e. The highest BCUT2D eigenvalue weighted by atomic mass is 16.5. The molecule has 29 heavy (non-hydrogen) atoms. The summed E-state index contributed by atoms with van der Waals surface area (Å²) < 4.78 is 5.75. The van der Waals surface area contributed by atoms with Crippen LogP contribution in [-0.4, -0.2) is 35.6 Å². The summed E-state index contributed by atoms with van der Waals surface area (Å²) in [5, 5.41) is 0. The first-order valence-electron chi connectivity index (χ1n) is 10.8. The molecule has 6 rings (SSSR count). The first-order chi connectivity index (χ1) is 14.2. The molecular weight excluding hydrogens is 358 g/mol. The topological polar surface area (TPSA) is 29.5 Å². The van der Waals surface area contributed by atoms with Crippen LogP contribution in [0.4, 0.5) is 0 Å². The summed E-state index contributed by atoms with van der Waals surface area (Å²) in [5.74, 6) is -0.191. The van der Waals surface area contributed by atoms with Gasteiger partial charge in [0.05, 0.1) is 6.04 Å². The zero-order chi connectivity index (χ0) is 19.5. The van der Waals surface area contributed by atoms with Gasteiger partial charge in [-0.3, -0.25) is 4.90 Å². The number of carbonyl (C=O) groups is 1. The zero-order valence-electron chi connectivity index (χ0n) is 16.7. The van der Waals surface area contributed by atoms with Crippen LogP contribution < -0.4 is 0 Å². The summed E-state index contributed by atoms with van der Waals surface area (Å²) in [6.45, 7) is 3.38. The molecule has 2 aromatic rings. The van der Waals surface area contributed by atoms with Gasteiger partial charge in [-0.25, -0.2) is 4.79 Å². The molecule has 3 heterocycles. The average molecular weight is 383 g/mol. The van der Waals surface area contributed by atoms with Gasteiger partial charge in [-0.2, -0.15) is 0 Å². The third kappa shape index (κ3) is 2.64. The van der Waals surface area contributed by atoms with Crippen LogP contribution in [0.15, 0.2) is 60.2 Å². The summed E-state index contributed by atoms with van der Waals surface area (Å²) in [7, 11) is 0.